The Kier molecular flexibility index (Phi) is 7.23. The maximum Gasteiger partial charge on any atom is 0.407 e. The maximum atomic E-state index is 13.5. The van der Waals surface area contributed by atoms with Crippen LogP contribution in [0.15, 0.2) is 42.6 Å². The fourth-order valence-corrected chi connectivity index (χ4v) is 5.21. The molecule has 0 radical (unpaired) electrons. The number of amides is 2. The number of hydrogen-bond donors (Lipinski definition) is 1. The van der Waals surface area contributed by atoms with Gasteiger partial charge in [0.1, 0.15) is 11.9 Å². The lowest BCUT2D eigenvalue weighted by Gasteiger charge is -2.34. The zero-order valence-corrected chi connectivity index (χ0v) is 19.9. The zero-order valence-electron chi connectivity index (χ0n) is 19.1. The molecule has 1 aromatic heterocycles. The zero-order chi connectivity index (χ0) is 24.2. The van der Waals surface area contributed by atoms with Crippen molar-refractivity contribution in [1.82, 2.24) is 14.8 Å². The van der Waals surface area contributed by atoms with Crippen molar-refractivity contribution in [3.63, 3.8) is 0 Å². The van der Waals surface area contributed by atoms with E-state index in [0.29, 0.717) is 56.2 Å². The Bertz CT molecular complexity index is 1060. The van der Waals surface area contributed by atoms with E-state index in [-0.39, 0.29) is 23.8 Å². The summed E-state index contributed by atoms with van der Waals surface area (Å²) in [6.07, 6.45) is 2.02. The van der Waals surface area contributed by atoms with E-state index in [0.717, 1.165) is 11.4 Å². The Morgan fingerprint density at radius 1 is 1.18 bits per heavy atom. The lowest BCUT2D eigenvalue weighted by Crippen LogP contribution is -2.45. The predicted octanol–water partition coefficient (Wildman–Crippen LogP) is 3.82. The normalized spacial score (nSPS) is 20.7. The van der Waals surface area contributed by atoms with Crippen LogP contribution in [-0.4, -0.2) is 70.7 Å². The number of hydrogen-bond acceptors (Lipinski definition) is 5. The standard InChI is InChI=1S/C25H28ClN5O3/c1-2-31(25(33)34)22-16-30(15-21(22)18-4-6-20(26)7-5-18)24(32)19-9-11-29(12-10-19)23-8-3-17(13-27)14-28-23/h3-8,14,19,21-22H,2,9-12,15-16H2,1H3,(H,33,34)/t21-,22+/m1/s1. The average Bonchev–Trinajstić information content (AvgIpc) is 3.29. The second-order valence-electron chi connectivity index (χ2n) is 8.82. The monoisotopic (exact) mass is 481 g/mol. The Morgan fingerprint density at radius 2 is 1.88 bits per heavy atom. The van der Waals surface area contributed by atoms with Gasteiger partial charge < -0.3 is 19.8 Å². The summed E-state index contributed by atoms with van der Waals surface area (Å²) in [5.41, 5.74) is 1.52. The van der Waals surface area contributed by atoms with E-state index < -0.39 is 6.09 Å². The molecule has 1 aromatic carbocycles. The molecule has 2 aliphatic rings. The third-order valence-electron chi connectivity index (χ3n) is 6.93. The molecule has 2 saturated heterocycles. The van der Waals surface area contributed by atoms with Crippen LogP contribution >= 0.6 is 11.6 Å². The molecule has 0 saturated carbocycles. The van der Waals surface area contributed by atoms with Gasteiger partial charge in [-0.25, -0.2) is 9.78 Å². The first kappa shape index (κ1) is 23.8. The number of carbonyl (C=O) groups is 2. The van der Waals surface area contributed by atoms with Crippen LogP contribution in [0, 0.1) is 17.2 Å². The van der Waals surface area contributed by atoms with Crippen LogP contribution in [0.5, 0.6) is 0 Å². The molecule has 4 rings (SSSR count). The number of nitriles is 1. The molecule has 8 nitrogen and oxygen atoms in total. The summed E-state index contributed by atoms with van der Waals surface area (Å²) >= 11 is 6.06. The molecular formula is C25H28ClN5O3. The van der Waals surface area contributed by atoms with Crippen LogP contribution in [-0.2, 0) is 4.79 Å². The van der Waals surface area contributed by atoms with Gasteiger partial charge in [-0.2, -0.15) is 5.26 Å². The molecule has 9 heteroatoms. The summed E-state index contributed by atoms with van der Waals surface area (Å²) in [7, 11) is 0. The molecule has 0 unspecified atom stereocenters. The molecule has 0 bridgehead atoms. The second-order valence-corrected chi connectivity index (χ2v) is 9.25. The molecule has 2 fully saturated rings. The molecule has 34 heavy (non-hydrogen) atoms. The number of likely N-dealkylation sites (N-methyl/N-ethyl adjacent to an activating group) is 1. The highest BCUT2D eigenvalue weighted by atomic mass is 35.5. The van der Waals surface area contributed by atoms with Crippen molar-refractivity contribution in [2.45, 2.75) is 31.7 Å². The van der Waals surface area contributed by atoms with Crippen molar-refractivity contribution in [3.05, 3.63) is 58.7 Å². The van der Waals surface area contributed by atoms with Crippen molar-refractivity contribution < 1.29 is 14.7 Å². The van der Waals surface area contributed by atoms with Crippen LogP contribution in [0.2, 0.25) is 5.02 Å². The quantitative estimate of drug-likeness (QED) is 0.696. The summed E-state index contributed by atoms with van der Waals surface area (Å²) < 4.78 is 0. The number of rotatable bonds is 5. The molecular weight excluding hydrogens is 454 g/mol. The van der Waals surface area contributed by atoms with Crippen molar-refractivity contribution in [3.8, 4) is 6.07 Å². The molecule has 2 atom stereocenters. The Balaban J connectivity index is 1.44. The number of benzene rings is 1. The topological polar surface area (TPSA) is 101 Å². The Morgan fingerprint density at radius 3 is 2.44 bits per heavy atom. The number of likely N-dealkylation sites (tertiary alicyclic amines) is 1. The number of piperidine rings is 1. The van der Waals surface area contributed by atoms with Crippen molar-refractivity contribution in [2.75, 3.05) is 37.6 Å². The number of pyridine rings is 1. The smallest absolute Gasteiger partial charge is 0.407 e. The van der Waals surface area contributed by atoms with Gasteiger partial charge in [-0.1, -0.05) is 23.7 Å². The largest absolute Gasteiger partial charge is 0.465 e. The van der Waals surface area contributed by atoms with Crippen LogP contribution in [0.25, 0.3) is 0 Å². The minimum Gasteiger partial charge on any atom is -0.465 e. The first-order valence-electron chi connectivity index (χ1n) is 11.6. The van der Waals surface area contributed by atoms with Crippen molar-refractivity contribution in [2.24, 2.45) is 5.92 Å². The lowest BCUT2D eigenvalue weighted by molar-refractivity contribution is -0.135. The average molecular weight is 482 g/mol. The molecule has 2 aromatic rings. The van der Waals surface area contributed by atoms with E-state index in [9.17, 15) is 14.7 Å². The first-order valence-corrected chi connectivity index (χ1v) is 11.9. The highest BCUT2D eigenvalue weighted by Gasteiger charge is 2.42. The van der Waals surface area contributed by atoms with Gasteiger partial charge in [-0.05, 0) is 49.6 Å². The molecule has 2 amide bonds. The minimum atomic E-state index is -0.969. The van der Waals surface area contributed by atoms with Gasteiger partial charge in [0, 0.05) is 55.8 Å². The molecule has 0 spiro atoms. The number of aromatic nitrogens is 1. The third kappa shape index (κ3) is 4.95. The number of carboxylic acid groups (broad SMARTS) is 1. The van der Waals surface area contributed by atoms with Gasteiger partial charge in [0.15, 0.2) is 0 Å². The third-order valence-corrected chi connectivity index (χ3v) is 7.18. The lowest BCUT2D eigenvalue weighted by atomic mass is 9.93. The Labute approximate surface area is 204 Å². The van der Waals surface area contributed by atoms with Crippen molar-refractivity contribution >= 4 is 29.4 Å². The first-order chi connectivity index (χ1) is 16.4. The number of nitrogens with zero attached hydrogens (tertiary/aromatic N) is 5. The molecule has 2 aliphatic heterocycles. The summed E-state index contributed by atoms with van der Waals surface area (Å²) in [4.78, 5) is 35.1. The predicted molar refractivity (Wildman–Crippen MR) is 129 cm³/mol. The van der Waals surface area contributed by atoms with E-state index in [1.54, 1.807) is 12.3 Å². The van der Waals surface area contributed by atoms with Gasteiger partial charge >= 0.3 is 6.09 Å². The van der Waals surface area contributed by atoms with E-state index in [4.69, 9.17) is 16.9 Å². The summed E-state index contributed by atoms with van der Waals surface area (Å²) in [5, 5.41) is 19.3. The SMILES string of the molecule is CCN(C(=O)O)[C@H]1CN(C(=O)C2CCN(c3ccc(C#N)cn3)CC2)C[C@@H]1c1ccc(Cl)cc1. The molecule has 178 valence electrons. The van der Waals surface area contributed by atoms with Gasteiger partial charge in [0.05, 0.1) is 11.6 Å². The minimum absolute atomic E-state index is 0.0929. The summed E-state index contributed by atoms with van der Waals surface area (Å²) in [6.45, 7) is 4.50. The highest BCUT2D eigenvalue weighted by molar-refractivity contribution is 6.30. The summed E-state index contributed by atoms with van der Waals surface area (Å²) in [5.74, 6) is 0.712. The second kappa shape index (κ2) is 10.3. The van der Waals surface area contributed by atoms with Crippen molar-refractivity contribution in [1.29, 1.82) is 5.26 Å². The van der Waals surface area contributed by atoms with Crippen LogP contribution in [0.4, 0.5) is 10.6 Å². The fraction of sp³-hybridized carbons (Fsp3) is 0.440. The van der Waals surface area contributed by atoms with Gasteiger partial charge in [0.25, 0.3) is 0 Å². The van der Waals surface area contributed by atoms with Crippen LogP contribution < -0.4 is 4.90 Å². The number of halogens is 1. The molecule has 0 aliphatic carbocycles. The molecule has 1 N–H and O–H groups in total. The summed E-state index contributed by atoms with van der Waals surface area (Å²) in [6, 6.07) is 12.8. The molecule has 3 heterocycles. The van der Waals surface area contributed by atoms with Gasteiger partial charge in [-0.3, -0.25) is 4.79 Å². The van der Waals surface area contributed by atoms with Crippen LogP contribution in [0.3, 0.4) is 0 Å². The van der Waals surface area contributed by atoms with E-state index in [1.165, 1.54) is 4.90 Å². The van der Waals surface area contributed by atoms with E-state index in [2.05, 4.69) is 16.0 Å². The van der Waals surface area contributed by atoms with Gasteiger partial charge in [0.2, 0.25) is 5.91 Å². The number of anilines is 1. The van der Waals surface area contributed by atoms with E-state index >= 15 is 0 Å². The number of carbonyl (C=O) groups excluding carboxylic acids is 1. The van der Waals surface area contributed by atoms with E-state index in [1.807, 2.05) is 42.2 Å². The Hall–Kier alpha value is -3.31. The maximum absolute atomic E-state index is 13.5. The van der Waals surface area contributed by atoms with Gasteiger partial charge in [-0.15, -0.1) is 0 Å². The van der Waals surface area contributed by atoms with Crippen LogP contribution in [0.1, 0.15) is 36.8 Å². The fourth-order valence-electron chi connectivity index (χ4n) is 5.08. The highest BCUT2D eigenvalue weighted by Crippen LogP contribution is 2.34.